The Balaban J connectivity index is 1.46. The summed E-state index contributed by atoms with van der Waals surface area (Å²) >= 11 is 2.91. The summed E-state index contributed by atoms with van der Waals surface area (Å²) in [4.78, 5) is 11.8. The molecule has 1 fully saturated rings. The first kappa shape index (κ1) is 13.4. The topological polar surface area (TPSA) is 66.9 Å². The highest BCUT2D eigenvalue weighted by Gasteiger charge is 2.22. The van der Waals surface area contributed by atoms with E-state index in [0.717, 1.165) is 15.2 Å². The fourth-order valence-corrected chi connectivity index (χ4v) is 3.20. The van der Waals surface area contributed by atoms with E-state index in [1.807, 2.05) is 30.3 Å². The average molecular weight is 306 g/mol. The molecule has 1 amide bonds. The minimum absolute atomic E-state index is 0.0342. The molecule has 5 nitrogen and oxygen atoms in total. The number of para-hydroxylation sites is 1. The molecule has 1 aliphatic carbocycles. The van der Waals surface area contributed by atoms with Crippen LogP contribution in [0.4, 0.5) is 10.8 Å². The van der Waals surface area contributed by atoms with E-state index in [1.54, 1.807) is 0 Å². The monoisotopic (exact) mass is 306 g/mol. The summed E-state index contributed by atoms with van der Waals surface area (Å²) in [7, 11) is 0. The molecular weight excluding hydrogens is 292 g/mol. The number of carbonyl (C=O) groups excluding carboxylic acids is 1. The second-order valence-corrected chi connectivity index (χ2v) is 6.69. The van der Waals surface area contributed by atoms with Crippen LogP contribution in [-0.4, -0.2) is 27.9 Å². The van der Waals surface area contributed by atoms with E-state index in [4.69, 9.17) is 0 Å². The summed E-state index contributed by atoms with van der Waals surface area (Å²) < 4.78 is 0.816. The van der Waals surface area contributed by atoms with Gasteiger partial charge in [-0.3, -0.25) is 4.79 Å². The highest BCUT2D eigenvalue weighted by Crippen LogP contribution is 2.30. The second kappa shape index (κ2) is 6.23. The van der Waals surface area contributed by atoms with E-state index >= 15 is 0 Å². The van der Waals surface area contributed by atoms with Gasteiger partial charge in [-0.1, -0.05) is 41.3 Å². The van der Waals surface area contributed by atoms with Crippen LogP contribution >= 0.6 is 23.1 Å². The number of nitrogens with zero attached hydrogens (tertiary/aromatic N) is 2. The lowest BCUT2D eigenvalue weighted by atomic mass is 10.3. The van der Waals surface area contributed by atoms with E-state index in [0.29, 0.717) is 11.8 Å². The number of rotatable bonds is 6. The number of aromatic nitrogens is 2. The van der Waals surface area contributed by atoms with Gasteiger partial charge >= 0.3 is 0 Å². The van der Waals surface area contributed by atoms with Gasteiger partial charge in [0, 0.05) is 11.7 Å². The molecule has 1 aromatic carbocycles. The molecule has 0 bridgehead atoms. The van der Waals surface area contributed by atoms with Crippen molar-refractivity contribution >= 4 is 39.8 Å². The van der Waals surface area contributed by atoms with Gasteiger partial charge < -0.3 is 10.6 Å². The van der Waals surface area contributed by atoms with Gasteiger partial charge in [0.2, 0.25) is 11.0 Å². The summed E-state index contributed by atoms with van der Waals surface area (Å²) in [6, 6.07) is 10.0. The van der Waals surface area contributed by atoms with Gasteiger partial charge in [-0.25, -0.2) is 0 Å². The Morgan fingerprint density at radius 2 is 2.10 bits per heavy atom. The second-order valence-electron chi connectivity index (χ2n) is 4.49. The molecule has 1 saturated carbocycles. The maximum atomic E-state index is 11.8. The van der Waals surface area contributed by atoms with E-state index in [9.17, 15) is 4.79 Å². The smallest absolute Gasteiger partial charge is 0.234 e. The molecule has 0 radical (unpaired) electrons. The predicted molar refractivity (Wildman–Crippen MR) is 82.3 cm³/mol. The summed E-state index contributed by atoms with van der Waals surface area (Å²) in [6.07, 6.45) is 2.42. The third-order valence-electron chi connectivity index (χ3n) is 2.70. The molecule has 0 saturated heterocycles. The Hall–Kier alpha value is -1.60. The lowest BCUT2D eigenvalue weighted by molar-refractivity contribution is -0.113. The first-order valence-corrected chi connectivity index (χ1v) is 8.17. The Labute approximate surface area is 125 Å². The molecule has 3 rings (SSSR count). The summed E-state index contributed by atoms with van der Waals surface area (Å²) in [5, 5.41) is 15.1. The molecule has 104 valence electrons. The molecular formula is C13H14N4OS2. The van der Waals surface area contributed by atoms with Gasteiger partial charge in [0.15, 0.2) is 4.34 Å². The first-order chi connectivity index (χ1) is 9.79. The van der Waals surface area contributed by atoms with Crippen LogP contribution in [0.5, 0.6) is 0 Å². The van der Waals surface area contributed by atoms with Crippen LogP contribution in [-0.2, 0) is 4.79 Å². The number of benzene rings is 1. The van der Waals surface area contributed by atoms with Crippen LogP contribution in [0.15, 0.2) is 34.7 Å². The molecule has 20 heavy (non-hydrogen) atoms. The maximum Gasteiger partial charge on any atom is 0.234 e. The van der Waals surface area contributed by atoms with Crippen molar-refractivity contribution in [3.63, 3.8) is 0 Å². The molecule has 2 aromatic rings. The summed E-state index contributed by atoms with van der Waals surface area (Å²) in [6.45, 7) is 0. The van der Waals surface area contributed by atoms with Crippen LogP contribution in [0.25, 0.3) is 0 Å². The normalized spacial score (nSPS) is 14.0. The molecule has 0 aliphatic heterocycles. The van der Waals surface area contributed by atoms with Crippen molar-refractivity contribution in [1.82, 2.24) is 10.2 Å². The lowest BCUT2D eigenvalue weighted by Gasteiger charge is -2.02. The third kappa shape index (κ3) is 3.94. The van der Waals surface area contributed by atoms with Gasteiger partial charge in [0.1, 0.15) is 0 Å². The zero-order chi connectivity index (χ0) is 13.8. The quantitative estimate of drug-likeness (QED) is 0.803. The standard InChI is InChI=1S/C13H14N4OS2/c18-11(14-9-4-2-1-3-5-9)8-19-13-17-16-12(20-13)15-10-6-7-10/h1-5,10H,6-8H2,(H,14,18)(H,15,16). The highest BCUT2D eigenvalue weighted by atomic mass is 32.2. The fraction of sp³-hybridized carbons (Fsp3) is 0.308. The van der Waals surface area contributed by atoms with Crippen LogP contribution in [0.3, 0.4) is 0 Å². The van der Waals surface area contributed by atoms with E-state index in [2.05, 4.69) is 20.8 Å². The molecule has 0 atom stereocenters. The number of thioether (sulfide) groups is 1. The SMILES string of the molecule is O=C(CSc1nnc(NC2CC2)s1)Nc1ccccc1. The lowest BCUT2D eigenvalue weighted by Crippen LogP contribution is -2.13. The number of amides is 1. The van der Waals surface area contributed by atoms with Crippen molar-refractivity contribution in [2.75, 3.05) is 16.4 Å². The number of hydrogen-bond acceptors (Lipinski definition) is 6. The van der Waals surface area contributed by atoms with Gasteiger partial charge in [0.05, 0.1) is 5.75 Å². The van der Waals surface area contributed by atoms with Gasteiger partial charge in [-0.2, -0.15) is 0 Å². The van der Waals surface area contributed by atoms with Crippen molar-refractivity contribution in [3.05, 3.63) is 30.3 Å². The molecule has 1 heterocycles. The fourth-order valence-electron chi connectivity index (χ4n) is 1.57. The highest BCUT2D eigenvalue weighted by molar-refractivity contribution is 8.01. The maximum absolute atomic E-state index is 11.8. The predicted octanol–water partition coefficient (Wildman–Crippen LogP) is 2.84. The largest absolute Gasteiger partial charge is 0.357 e. The van der Waals surface area contributed by atoms with Gasteiger partial charge in [-0.15, -0.1) is 10.2 Å². The van der Waals surface area contributed by atoms with Crippen molar-refractivity contribution < 1.29 is 4.79 Å². The zero-order valence-electron chi connectivity index (χ0n) is 10.7. The Morgan fingerprint density at radius 3 is 2.85 bits per heavy atom. The minimum Gasteiger partial charge on any atom is -0.357 e. The molecule has 0 spiro atoms. The van der Waals surface area contributed by atoms with Crippen molar-refractivity contribution in [3.8, 4) is 0 Å². The minimum atomic E-state index is -0.0342. The molecule has 1 aliphatic rings. The number of nitrogens with one attached hydrogen (secondary N) is 2. The van der Waals surface area contributed by atoms with Crippen LogP contribution in [0, 0.1) is 0 Å². The van der Waals surface area contributed by atoms with Gasteiger partial charge in [-0.05, 0) is 25.0 Å². The van der Waals surface area contributed by atoms with Crippen molar-refractivity contribution in [2.45, 2.75) is 23.2 Å². The number of carbonyl (C=O) groups is 1. The summed E-state index contributed by atoms with van der Waals surface area (Å²) in [5.41, 5.74) is 0.812. The van der Waals surface area contributed by atoms with E-state index in [-0.39, 0.29) is 5.91 Å². The Bertz CT molecular complexity index is 583. The van der Waals surface area contributed by atoms with Crippen molar-refractivity contribution in [2.24, 2.45) is 0 Å². The Kier molecular flexibility index (Phi) is 4.17. The van der Waals surface area contributed by atoms with Crippen LogP contribution in [0.2, 0.25) is 0 Å². The van der Waals surface area contributed by atoms with Crippen molar-refractivity contribution in [1.29, 1.82) is 0 Å². The average Bonchev–Trinajstić information content (AvgIpc) is 3.15. The van der Waals surface area contributed by atoms with E-state index in [1.165, 1.54) is 35.9 Å². The third-order valence-corrected chi connectivity index (χ3v) is 4.68. The number of hydrogen-bond donors (Lipinski definition) is 2. The van der Waals surface area contributed by atoms with Crippen LogP contribution < -0.4 is 10.6 Å². The zero-order valence-corrected chi connectivity index (χ0v) is 12.3. The molecule has 0 unspecified atom stereocenters. The van der Waals surface area contributed by atoms with E-state index < -0.39 is 0 Å². The Morgan fingerprint density at radius 1 is 1.30 bits per heavy atom. The molecule has 1 aromatic heterocycles. The number of anilines is 2. The van der Waals surface area contributed by atoms with Crippen LogP contribution in [0.1, 0.15) is 12.8 Å². The molecule has 2 N–H and O–H groups in total. The first-order valence-electron chi connectivity index (χ1n) is 6.37. The summed E-state index contributed by atoms with van der Waals surface area (Å²) in [5.74, 6) is 0.306. The molecule has 7 heteroatoms. The van der Waals surface area contributed by atoms with Gasteiger partial charge in [0.25, 0.3) is 0 Å².